The molecule has 1 heterocycles. The molecule has 0 aromatic heterocycles. The molecule has 0 bridgehead atoms. The Kier molecular flexibility index (Phi) is 5.45. The molecule has 0 amide bonds. The van der Waals surface area contributed by atoms with Gasteiger partial charge in [-0.1, -0.05) is 23.8 Å². The molecule has 28 heavy (non-hydrogen) atoms. The SMILES string of the molecule is COc1ccc(C)cc1CN1CCN(S(=O)(=O)c2ccc3c(c2)CCC3)CC1. The highest BCUT2D eigenvalue weighted by molar-refractivity contribution is 7.89. The zero-order valence-corrected chi connectivity index (χ0v) is 17.5. The van der Waals surface area contributed by atoms with Crippen LogP contribution in [-0.2, 0) is 29.4 Å². The van der Waals surface area contributed by atoms with Gasteiger partial charge in [-0.25, -0.2) is 8.42 Å². The Labute approximate surface area is 168 Å². The van der Waals surface area contributed by atoms with E-state index in [1.165, 1.54) is 16.7 Å². The molecule has 5 nitrogen and oxygen atoms in total. The summed E-state index contributed by atoms with van der Waals surface area (Å²) < 4.78 is 33.3. The topological polar surface area (TPSA) is 49.9 Å². The number of nitrogens with zero attached hydrogens (tertiary/aromatic N) is 2. The summed E-state index contributed by atoms with van der Waals surface area (Å²) in [5, 5.41) is 0. The number of aryl methyl sites for hydroxylation is 3. The Morgan fingerprint density at radius 1 is 0.964 bits per heavy atom. The fraction of sp³-hybridized carbons (Fsp3) is 0.455. The molecule has 2 aliphatic rings. The number of benzene rings is 2. The van der Waals surface area contributed by atoms with Gasteiger partial charge in [-0.05, 0) is 55.5 Å². The van der Waals surface area contributed by atoms with E-state index < -0.39 is 10.0 Å². The van der Waals surface area contributed by atoms with Gasteiger partial charge in [0.15, 0.2) is 0 Å². The first-order valence-corrected chi connectivity index (χ1v) is 11.4. The summed E-state index contributed by atoms with van der Waals surface area (Å²) >= 11 is 0. The maximum absolute atomic E-state index is 13.1. The predicted molar refractivity (Wildman–Crippen MR) is 110 cm³/mol. The highest BCUT2D eigenvalue weighted by Crippen LogP contribution is 2.27. The van der Waals surface area contributed by atoms with E-state index in [0.29, 0.717) is 18.0 Å². The molecular weight excluding hydrogens is 372 g/mol. The lowest BCUT2D eigenvalue weighted by Gasteiger charge is -2.34. The molecule has 1 saturated heterocycles. The van der Waals surface area contributed by atoms with Gasteiger partial charge in [0.1, 0.15) is 5.75 Å². The predicted octanol–water partition coefficient (Wildman–Crippen LogP) is 3.00. The lowest BCUT2D eigenvalue weighted by Crippen LogP contribution is -2.48. The summed E-state index contributed by atoms with van der Waals surface area (Å²) in [6.45, 7) is 5.34. The van der Waals surface area contributed by atoms with Crippen LogP contribution < -0.4 is 4.74 Å². The van der Waals surface area contributed by atoms with Crippen LogP contribution in [0.3, 0.4) is 0 Å². The standard InChI is InChI=1S/C22H28N2O3S/c1-17-6-9-22(27-2)20(14-17)16-23-10-12-24(13-11-23)28(25,26)21-8-7-18-4-3-5-19(18)15-21/h6-9,14-15H,3-5,10-13,16H2,1-2H3. The van der Waals surface area contributed by atoms with E-state index >= 15 is 0 Å². The molecule has 1 aliphatic heterocycles. The highest BCUT2D eigenvalue weighted by Gasteiger charge is 2.29. The fourth-order valence-electron chi connectivity index (χ4n) is 4.26. The minimum absolute atomic E-state index is 0.446. The molecule has 0 atom stereocenters. The maximum atomic E-state index is 13.1. The highest BCUT2D eigenvalue weighted by atomic mass is 32.2. The summed E-state index contributed by atoms with van der Waals surface area (Å²) in [5.41, 5.74) is 4.85. The van der Waals surface area contributed by atoms with E-state index in [0.717, 1.165) is 50.2 Å². The number of sulfonamides is 1. The molecule has 6 heteroatoms. The monoisotopic (exact) mass is 400 g/mol. The molecule has 0 N–H and O–H groups in total. The maximum Gasteiger partial charge on any atom is 0.243 e. The Bertz CT molecular complexity index is 964. The first-order valence-electron chi connectivity index (χ1n) is 9.95. The summed E-state index contributed by atoms with van der Waals surface area (Å²) in [6.07, 6.45) is 3.18. The molecule has 0 unspecified atom stereocenters. The van der Waals surface area contributed by atoms with Crippen molar-refractivity contribution in [3.05, 3.63) is 58.7 Å². The minimum atomic E-state index is -3.42. The van der Waals surface area contributed by atoms with Gasteiger partial charge in [0.2, 0.25) is 10.0 Å². The van der Waals surface area contributed by atoms with Crippen LogP contribution in [0, 0.1) is 6.92 Å². The van der Waals surface area contributed by atoms with Crippen molar-refractivity contribution in [2.75, 3.05) is 33.3 Å². The molecule has 1 fully saturated rings. The molecule has 2 aromatic carbocycles. The van der Waals surface area contributed by atoms with E-state index in [9.17, 15) is 8.42 Å². The van der Waals surface area contributed by atoms with E-state index in [1.807, 2.05) is 24.3 Å². The third-order valence-electron chi connectivity index (χ3n) is 5.87. The Morgan fingerprint density at radius 2 is 1.71 bits per heavy atom. The largest absolute Gasteiger partial charge is 0.496 e. The van der Waals surface area contributed by atoms with Crippen LogP contribution in [0.5, 0.6) is 5.75 Å². The van der Waals surface area contributed by atoms with E-state index in [4.69, 9.17) is 4.74 Å². The molecular formula is C22H28N2O3S. The number of ether oxygens (including phenoxy) is 1. The summed E-state index contributed by atoms with van der Waals surface area (Å²) in [5.74, 6) is 0.888. The quantitative estimate of drug-likeness (QED) is 0.774. The van der Waals surface area contributed by atoms with Crippen LogP contribution in [-0.4, -0.2) is 50.9 Å². The average Bonchev–Trinajstić information content (AvgIpc) is 3.16. The van der Waals surface area contributed by atoms with Crippen LogP contribution in [0.1, 0.15) is 28.7 Å². The van der Waals surface area contributed by atoms with Crippen LogP contribution in [0.25, 0.3) is 0 Å². The zero-order valence-electron chi connectivity index (χ0n) is 16.6. The van der Waals surface area contributed by atoms with Crippen molar-refractivity contribution < 1.29 is 13.2 Å². The summed E-state index contributed by atoms with van der Waals surface area (Å²) in [7, 11) is -1.73. The van der Waals surface area contributed by atoms with Crippen LogP contribution in [0.2, 0.25) is 0 Å². The van der Waals surface area contributed by atoms with Gasteiger partial charge in [-0.15, -0.1) is 0 Å². The van der Waals surface area contributed by atoms with Crippen LogP contribution in [0.15, 0.2) is 41.3 Å². The summed E-state index contributed by atoms with van der Waals surface area (Å²) in [6, 6.07) is 11.9. The molecule has 1 aliphatic carbocycles. The molecule has 4 rings (SSSR count). The minimum Gasteiger partial charge on any atom is -0.496 e. The second kappa shape index (κ2) is 7.85. The van der Waals surface area contributed by atoms with Crippen molar-refractivity contribution in [2.45, 2.75) is 37.6 Å². The van der Waals surface area contributed by atoms with Crippen molar-refractivity contribution in [1.29, 1.82) is 0 Å². The van der Waals surface area contributed by atoms with Crippen molar-refractivity contribution in [3.8, 4) is 5.75 Å². The van der Waals surface area contributed by atoms with Gasteiger partial charge in [0.05, 0.1) is 12.0 Å². The van der Waals surface area contributed by atoms with Gasteiger partial charge < -0.3 is 4.74 Å². The number of piperazine rings is 1. The third-order valence-corrected chi connectivity index (χ3v) is 7.76. The van der Waals surface area contributed by atoms with Crippen LogP contribution in [0.4, 0.5) is 0 Å². The Morgan fingerprint density at radius 3 is 2.46 bits per heavy atom. The van der Waals surface area contributed by atoms with Gasteiger partial charge in [-0.2, -0.15) is 4.31 Å². The average molecular weight is 401 g/mol. The zero-order chi connectivity index (χ0) is 19.7. The lowest BCUT2D eigenvalue weighted by atomic mass is 10.1. The summed E-state index contributed by atoms with van der Waals surface area (Å²) in [4.78, 5) is 2.74. The molecule has 0 saturated carbocycles. The molecule has 0 spiro atoms. The molecule has 2 aromatic rings. The number of rotatable bonds is 5. The molecule has 150 valence electrons. The van der Waals surface area contributed by atoms with Crippen molar-refractivity contribution in [3.63, 3.8) is 0 Å². The van der Waals surface area contributed by atoms with E-state index in [2.05, 4.69) is 17.9 Å². The van der Waals surface area contributed by atoms with Crippen molar-refractivity contribution >= 4 is 10.0 Å². The Balaban J connectivity index is 1.43. The number of methoxy groups -OCH3 is 1. The third kappa shape index (κ3) is 3.81. The van der Waals surface area contributed by atoms with Gasteiger partial charge in [-0.3, -0.25) is 4.90 Å². The van der Waals surface area contributed by atoms with Gasteiger partial charge >= 0.3 is 0 Å². The first kappa shape index (κ1) is 19.4. The van der Waals surface area contributed by atoms with Crippen molar-refractivity contribution in [2.24, 2.45) is 0 Å². The smallest absolute Gasteiger partial charge is 0.243 e. The normalized spacial score (nSPS) is 18.2. The Hall–Kier alpha value is -1.89. The van der Waals surface area contributed by atoms with Crippen molar-refractivity contribution in [1.82, 2.24) is 9.21 Å². The number of hydrogen-bond acceptors (Lipinski definition) is 4. The molecule has 0 radical (unpaired) electrons. The van der Waals surface area contributed by atoms with E-state index in [-0.39, 0.29) is 0 Å². The lowest BCUT2D eigenvalue weighted by molar-refractivity contribution is 0.180. The second-order valence-corrected chi connectivity index (χ2v) is 9.72. The second-order valence-electron chi connectivity index (χ2n) is 7.78. The first-order chi connectivity index (χ1) is 13.5. The number of hydrogen-bond donors (Lipinski definition) is 0. The van der Waals surface area contributed by atoms with E-state index in [1.54, 1.807) is 17.5 Å². The van der Waals surface area contributed by atoms with Gasteiger partial charge in [0.25, 0.3) is 0 Å². The van der Waals surface area contributed by atoms with Crippen LogP contribution >= 0.6 is 0 Å². The number of fused-ring (bicyclic) bond motifs is 1. The fourth-order valence-corrected chi connectivity index (χ4v) is 5.73. The van der Waals surface area contributed by atoms with Gasteiger partial charge in [0, 0.05) is 38.3 Å².